The van der Waals surface area contributed by atoms with Gasteiger partial charge in [0.15, 0.2) is 0 Å². The van der Waals surface area contributed by atoms with E-state index in [0.717, 1.165) is 12.8 Å². The lowest BCUT2D eigenvalue weighted by atomic mass is 10.1. The molecule has 0 aromatic carbocycles. The average Bonchev–Trinajstić information content (AvgIpc) is 2.68. The van der Waals surface area contributed by atoms with Crippen LogP contribution in [0.5, 0.6) is 0 Å². The third kappa shape index (κ3) is 8.96. The number of carboxylic acid groups (broad SMARTS) is 2. The maximum atomic E-state index is 9.64. The topological polar surface area (TPSA) is 94.8 Å². The Morgan fingerprint density at radius 3 is 1.93 bits per heavy atom. The lowest BCUT2D eigenvalue weighted by Crippen LogP contribution is -2.00. The first-order valence-electron chi connectivity index (χ1n) is 4.77. The SMILES string of the molecule is O=C(O)CCC(=O)O.OCC1C=CCC1. The molecule has 0 saturated carbocycles. The maximum absolute atomic E-state index is 9.64. The lowest BCUT2D eigenvalue weighted by molar-refractivity contribution is -0.143. The van der Waals surface area contributed by atoms with E-state index in [-0.39, 0.29) is 12.8 Å². The molecule has 0 radical (unpaired) electrons. The minimum Gasteiger partial charge on any atom is -0.481 e. The molecule has 1 unspecified atom stereocenters. The van der Waals surface area contributed by atoms with E-state index in [4.69, 9.17) is 15.3 Å². The summed E-state index contributed by atoms with van der Waals surface area (Å²) in [4.78, 5) is 19.3. The highest BCUT2D eigenvalue weighted by molar-refractivity contribution is 5.75. The van der Waals surface area contributed by atoms with E-state index in [9.17, 15) is 9.59 Å². The zero-order valence-corrected chi connectivity index (χ0v) is 8.43. The van der Waals surface area contributed by atoms with Crippen LogP contribution in [0, 0.1) is 5.92 Å². The van der Waals surface area contributed by atoms with Crippen LogP contribution in [-0.4, -0.2) is 33.9 Å². The van der Waals surface area contributed by atoms with Crippen molar-refractivity contribution in [3.63, 3.8) is 0 Å². The Morgan fingerprint density at radius 1 is 1.20 bits per heavy atom. The third-order valence-corrected chi connectivity index (χ3v) is 1.90. The lowest BCUT2D eigenvalue weighted by Gasteiger charge is -1.97. The summed E-state index contributed by atoms with van der Waals surface area (Å²) in [5, 5.41) is 24.3. The van der Waals surface area contributed by atoms with Gasteiger partial charge in [0, 0.05) is 12.5 Å². The molecule has 3 N–H and O–H groups in total. The van der Waals surface area contributed by atoms with E-state index < -0.39 is 11.9 Å². The van der Waals surface area contributed by atoms with E-state index in [1.54, 1.807) is 0 Å². The molecular formula is C10H16O5. The highest BCUT2D eigenvalue weighted by Gasteiger charge is 2.05. The number of carbonyl (C=O) groups is 2. The summed E-state index contributed by atoms with van der Waals surface area (Å²) < 4.78 is 0. The van der Waals surface area contributed by atoms with E-state index in [0.29, 0.717) is 12.5 Å². The fraction of sp³-hybridized carbons (Fsp3) is 0.600. The van der Waals surface area contributed by atoms with Crippen LogP contribution in [0.25, 0.3) is 0 Å². The predicted molar refractivity (Wildman–Crippen MR) is 53.5 cm³/mol. The fourth-order valence-electron chi connectivity index (χ4n) is 1.06. The third-order valence-electron chi connectivity index (χ3n) is 1.90. The molecular weight excluding hydrogens is 200 g/mol. The molecule has 5 heteroatoms. The van der Waals surface area contributed by atoms with Crippen LogP contribution in [0.4, 0.5) is 0 Å². The minimum atomic E-state index is -1.08. The first-order valence-corrected chi connectivity index (χ1v) is 4.77. The Labute approximate surface area is 88.0 Å². The number of aliphatic hydroxyl groups is 1. The van der Waals surface area contributed by atoms with Crippen LogP contribution in [-0.2, 0) is 9.59 Å². The van der Waals surface area contributed by atoms with Gasteiger partial charge in [-0.25, -0.2) is 0 Å². The zero-order valence-electron chi connectivity index (χ0n) is 8.43. The molecule has 0 bridgehead atoms. The van der Waals surface area contributed by atoms with Gasteiger partial charge < -0.3 is 15.3 Å². The van der Waals surface area contributed by atoms with Crippen molar-refractivity contribution in [3.05, 3.63) is 12.2 Å². The average molecular weight is 216 g/mol. The van der Waals surface area contributed by atoms with Crippen LogP contribution >= 0.6 is 0 Å². The van der Waals surface area contributed by atoms with Gasteiger partial charge in [-0.3, -0.25) is 9.59 Å². The maximum Gasteiger partial charge on any atom is 0.303 e. The molecule has 0 amide bonds. The summed E-state index contributed by atoms with van der Waals surface area (Å²) in [6, 6.07) is 0. The van der Waals surface area contributed by atoms with Crippen LogP contribution in [0.3, 0.4) is 0 Å². The monoisotopic (exact) mass is 216 g/mol. The molecule has 0 heterocycles. The van der Waals surface area contributed by atoms with Crippen molar-refractivity contribution >= 4 is 11.9 Å². The van der Waals surface area contributed by atoms with E-state index in [1.165, 1.54) is 0 Å². The summed E-state index contributed by atoms with van der Waals surface area (Å²) >= 11 is 0. The second-order valence-electron chi connectivity index (χ2n) is 3.24. The van der Waals surface area contributed by atoms with Gasteiger partial charge in [-0.2, -0.15) is 0 Å². The molecule has 0 aromatic heterocycles. The van der Waals surface area contributed by atoms with Crippen molar-refractivity contribution < 1.29 is 24.9 Å². The number of carboxylic acids is 2. The van der Waals surface area contributed by atoms with Gasteiger partial charge in [0.25, 0.3) is 0 Å². The van der Waals surface area contributed by atoms with Gasteiger partial charge in [-0.15, -0.1) is 0 Å². The Hall–Kier alpha value is -1.36. The Morgan fingerprint density at radius 2 is 1.73 bits per heavy atom. The predicted octanol–water partition coefficient (Wildman–Crippen LogP) is 0.881. The number of aliphatic carboxylic acids is 2. The molecule has 0 saturated heterocycles. The van der Waals surface area contributed by atoms with Gasteiger partial charge in [-0.05, 0) is 12.8 Å². The first-order chi connectivity index (χ1) is 7.06. The fourth-order valence-corrected chi connectivity index (χ4v) is 1.06. The van der Waals surface area contributed by atoms with E-state index in [1.807, 2.05) is 0 Å². The number of aliphatic hydroxyl groups excluding tert-OH is 1. The van der Waals surface area contributed by atoms with Crippen LogP contribution in [0.1, 0.15) is 25.7 Å². The highest BCUT2D eigenvalue weighted by atomic mass is 16.4. The molecule has 0 aromatic rings. The van der Waals surface area contributed by atoms with E-state index in [2.05, 4.69) is 12.2 Å². The Balaban J connectivity index is 0.000000262. The molecule has 0 aliphatic heterocycles. The minimum absolute atomic E-state index is 0.296. The summed E-state index contributed by atoms with van der Waals surface area (Å²) in [5.41, 5.74) is 0. The van der Waals surface area contributed by atoms with Crippen molar-refractivity contribution in [1.29, 1.82) is 0 Å². The molecule has 0 spiro atoms. The number of allylic oxidation sites excluding steroid dienone is 1. The molecule has 15 heavy (non-hydrogen) atoms. The van der Waals surface area contributed by atoms with Crippen LogP contribution in [0.2, 0.25) is 0 Å². The van der Waals surface area contributed by atoms with Crippen LogP contribution < -0.4 is 0 Å². The molecule has 1 aliphatic carbocycles. The zero-order chi connectivity index (χ0) is 11.7. The van der Waals surface area contributed by atoms with Crippen molar-refractivity contribution in [2.75, 3.05) is 6.61 Å². The molecule has 1 aliphatic rings. The number of hydrogen-bond acceptors (Lipinski definition) is 3. The normalized spacial score (nSPS) is 18.1. The van der Waals surface area contributed by atoms with Crippen molar-refractivity contribution in [1.82, 2.24) is 0 Å². The van der Waals surface area contributed by atoms with Gasteiger partial charge in [0.05, 0.1) is 12.8 Å². The summed E-state index contributed by atoms with van der Waals surface area (Å²) in [5.74, 6) is -1.68. The molecule has 1 rings (SSSR count). The number of hydrogen-bond donors (Lipinski definition) is 3. The molecule has 86 valence electrons. The summed E-state index contributed by atoms with van der Waals surface area (Å²) in [6.45, 7) is 0.330. The second kappa shape index (κ2) is 7.99. The van der Waals surface area contributed by atoms with Crippen LogP contribution in [0.15, 0.2) is 12.2 Å². The standard InChI is InChI=1S/C6H10O.C4H6O4/c7-5-6-3-1-2-4-6;5-3(6)1-2-4(7)8/h1,3,6-7H,2,4-5H2;1-2H2,(H,5,6)(H,7,8). The summed E-state index contributed by atoms with van der Waals surface area (Å²) in [6.07, 6.45) is 5.92. The highest BCUT2D eigenvalue weighted by Crippen LogP contribution is 2.14. The number of rotatable bonds is 4. The molecule has 5 nitrogen and oxygen atoms in total. The van der Waals surface area contributed by atoms with E-state index >= 15 is 0 Å². The van der Waals surface area contributed by atoms with Gasteiger partial charge in [-0.1, -0.05) is 12.2 Å². The first kappa shape index (κ1) is 13.6. The molecule has 1 atom stereocenters. The Kier molecular flexibility index (Phi) is 7.27. The van der Waals surface area contributed by atoms with Crippen molar-refractivity contribution in [3.8, 4) is 0 Å². The summed E-state index contributed by atoms with van der Waals surface area (Å²) in [7, 11) is 0. The van der Waals surface area contributed by atoms with Gasteiger partial charge in [0.2, 0.25) is 0 Å². The smallest absolute Gasteiger partial charge is 0.303 e. The largest absolute Gasteiger partial charge is 0.481 e. The van der Waals surface area contributed by atoms with Crippen molar-refractivity contribution in [2.24, 2.45) is 5.92 Å². The molecule has 0 fully saturated rings. The van der Waals surface area contributed by atoms with Gasteiger partial charge in [0.1, 0.15) is 0 Å². The van der Waals surface area contributed by atoms with Gasteiger partial charge >= 0.3 is 11.9 Å². The quantitative estimate of drug-likeness (QED) is 0.606. The Bertz CT molecular complexity index is 220. The van der Waals surface area contributed by atoms with Crippen molar-refractivity contribution in [2.45, 2.75) is 25.7 Å². The second-order valence-corrected chi connectivity index (χ2v) is 3.24.